The molecule has 108 valence electrons. The molecule has 0 unspecified atom stereocenters. The zero-order valence-electron chi connectivity index (χ0n) is 11.8. The molecule has 1 aromatic heterocycles. The van der Waals surface area contributed by atoms with Gasteiger partial charge in [-0.25, -0.2) is 0 Å². The number of aryl methyl sites for hydroxylation is 1. The average molecular weight is 298 g/mol. The summed E-state index contributed by atoms with van der Waals surface area (Å²) in [6.07, 6.45) is 1.89. The Morgan fingerprint density at radius 1 is 1.24 bits per heavy atom. The molecule has 1 heterocycles. The minimum Gasteiger partial charge on any atom is -0.351 e. The van der Waals surface area contributed by atoms with Crippen LogP contribution in [0.1, 0.15) is 27.2 Å². The van der Waals surface area contributed by atoms with Gasteiger partial charge >= 0.3 is 0 Å². The highest BCUT2D eigenvalue weighted by atomic mass is 32.1. The third-order valence-electron chi connectivity index (χ3n) is 2.97. The van der Waals surface area contributed by atoms with Crippen LogP contribution in [0.25, 0.3) is 0 Å². The Balaban J connectivity index is 1.81. The summed E-state index contributed by atoms with van der Waals surface area (Å²) in [6.45, 7) is 0.962. The number of nitrogens with two attached hydrogens (primary N) is 1. The highest BCUT2D eigenvalue weighted by Gasteiger charge is 2.10. The second kappa shape index (κ2) is 8.25. The Hall–Kier alpha value is -2.09. The lowest BCUT2D eigenvalue weighted by atomic mass is 10.1. The topological polar surface area (TPSA) is 55.1 Å². The number of amides is 1. The first kappa shape index (κ1) is 15.3. The van der Waals surface area contributed by atoms with Crippen molar-refractivity contribution in [1.29, 1.82) is 0 Å². The molecule has 0 bridgehead atoms. The van der Waals surface area contributed by atoms with Crippen molar-refractivity contribution in [3.05, 3.63) is 57.8 Å². The Morgan fingerprint density at radius 3 is 2.81 bits per heavy atom. The highest BCUT2D eigenvalue weighted by Crippen LogP contribution is 2.15. The Morgan fingerprint density at radius 2 is 2.05 bits per heavy atom. The van der Waals surface area contributed by atoms with Crippen molar-refractivity contribution < 1.29 is 4.79 Å². The Labute approximate surface area is 129 Å². The molecule has 0 fully saturated rings. The van der Waals surface area contributed by atoms with E-state index in [2.05, 4.69) is 29.3 Å². The van der Waals surface area contributed by atoms with Crippen LogP contribution in [0.3, 0.4) is 0 Å². The van der Waals surface area contributed by atoms with E-state index in [1.54, 1.807) is 0 Å². The fourth-order valence-electron chi connectivity index (χ4n) is 1.95. The number of hydrogen-bond donors (Lipinski definition) is 2. The number of carbonyl (C=O) groups excluding carboxylic acids is 1. The summed E-state index contributed by atoms with van der Waals surface area (Å²) in [7, 11) is 0. The van der Waals surface area contributed by atoms with Gasteiger partial charge in [-0.05, 0) is 29.9 Å². The summed E-state index contributed by atoms with van der Waals surface area (Å²) in [5.74, 6) is 5.65. The third kappa shape index (κ3) is 4.75. The third-order valence-corrected chi connectivity index (χ3v) is 3.88. The first-order valence-electron chi connectivity index (χ1n) is 6.90. The van der Waals surface area contributed by atoms with Crippen LogP contribution in [0.5, 0.6) is 0 Å². The molecule has 3 nitrogen and oxygen atoms in total. The van der Waals surface area contributed by atoms with Crippen LogP contribution in [0.2, 0.25) is 0 Å². The molecular weight excluding hydrogens is 280 g/mol. The molecule has 0 atom stereocenters. The van der Waals surface area contributed by atoms with E-state index < -0.39 is 0 Å². The number of carbonyl (C=O) groups is 1. The monoisotopic (exact) mass is 298 g/mol. The first-order chi connectivity index (χ1) is 10.3. The minimum absolute atomic E-state index is 0.0561. The van der Waals surface area contributed by atoms with Gasteiger partial charge in [0.25, 0.3) is 5.91 Å². The van der Waals surface area contributed by atoms with E-state index in [-0.39, 0.29) is 5.91 Å². The fourth-order valence-corrected chi connectivity index (χ4v) is 2.71. The molecular formula is C17H18N2OS. The van der Waals surface area contributed by atoms with Gasteiger partial charge in [-0.2, -0.15) is 0 Å². The summed E-state index contributed by atoms with van der Waals surface area (Å²) in [4.78, 5) is 12.8. The van der Waals surface area contributed by atoms with Crippen molar-refractivity contribution >= 4 is 17.2 Å². The summed E-state index contributed by atoms with van der Waals surface area (Å²) < 4.78 is 0. The number of hydrogen-bond acceptors (Lipinski definition) is 3. The van der Waals surface area contributed by atoms with E-state index >= 15 is 0 Å². The quantitative estimate of drug-likeness (QED) is 0.658. The summed E-state index contributed by atoms with van der Waals surface area (Å²) in [6, 6.07) is 12.1. The number of nitrogens with one attached hydrogen (secondary N) is 1. The predicted octanol–water partition coefficient (Wildman–Crippen LogP) is 2.42. The van der Waals surface area contributed by atoms with Crippen LogP contribution in [-0.4, -0.2) is 19.0 Å². The molecule has 0 spiro atoms. The molecule has 2 aromatic rings. The maximum Gasteiger partial charge on any atom is 0.262 e. The fraction of sp³-hybridized carbons (Fsp3) is 0.235. The summed E-state index contributed by atoms with van der Waals surface area (Å²) in [5, 5.41) is 4.82. The van der Waals surface area contributed by atoms with Crippen LogP contribution in [0, 0.1) is 11.8 Å². The smallest absolute Gasteiger partial charge is 0.262 e. The van der Waals surface area contributed by atoms with Crippen LogP contribution >= 0.6 is 11.3 Å². The van der Waals surface area contributed by atoms with Gasteiger partial charge in [0.15, 0.2) is 0 Å². The lowest BCUT2D eigenvalue weighted by molar-refractivity contribution is 0.0957. The molecule has 0 aliphatic heterocycles. The van der Waals surface area contributed by atoms with Gasteiger partial charge in [-0.15, -0.1) is 11.3 Å². The van der Waals surface area contributed by atoms with Crippen molar-refractivity contribution in [3.8, 4) is 11.8 Å². The average Bonchev–Trinajstić information content (AvgIpc) is 2.99. The van der Waals surface area contributed by atoms with Crippen molar-refractivity contribution in [2.45, 2.75) is 12.8 Å². The molecule has 0 aliphatic rings. The van der Waals surface area contributed by atoms with Gasteiger partial charge in [-0.1, -0.05) is 42.2 Å². The standard InChI is InChI=1S/C17H18N2OS/c18-11-4-9-15-10-13-21-16(15)17(20)19-12-5-8-14-6-2-1-3-7-14/h1-3,6-7,10,13H,5,8,11-12,18H2,(H,19,20). The molecule has 4 heteroatoms. The van der Waals surface area contributed by atoms with Crippen LogP contribution in [0.15, 0.2) is 41.8 Å². The summed E-state index contributed by atoms with van der Waals surface area (Å²) >= 11 is 1.41. The normalized spacial score (nSPS) is 9.76. The van der Waals surface area contributed by atoms with Crippen molar-refractivity contribution in [1.82, 2.24) is 5.32 Å². The predicted molar refractivity (Wildman–Crippen MR) is 87.3 cm³/mol. The van der Waals surface area contributed by atoms with Gasteiger partial charge < -0.3 is 11.1 Å². The van der Waals surface area contributed by atoms with Crippen LogP contribution < -0.4 is 11.1 Å². The zero-order valence-corrected chi connectivity index (χ0v) is 12.6. The second-order valence-electron chi connectivity index (χ2n) is 4.51. The molecule has 21 heavy (non-hydrogen) atoms. The largest absolute Gasteiger partial charge is 0.351 e. The maximum absolute atomic E-state index is 12.1. The van der Waals surface area contributed by atoms with Crippen LogP contribution in [0.4, 0.5) is 0 Å². The van der Waals surface area contributed by atoms with E-state index in [9.17, 15) is 4.79 Å². The van der Waals surface area contributed by atoms with Gasteiger partial charge in [0.1, 0.15) is 4.88 Å². The van der Waals surface area contributed by atoms with E-state index in [0.29, 0.717) is 18.0 Å². The SMILES string of the molecule is NCC#Cc1ccsc1C(=O)NCCCc1ccccc1. The number of thiophene rings is 1. The molecule has 2 rings (SSSR count). The number of rotatable bonds is 5. The van der Waals surface area contributed by atoms with Crippen LogP contribution in [-0.2, 0) is 6.42 Å². The molecule has 0 saturated carbocycles. The molecule has 0 radical (unpaired) electrons. The van der Waals surface area contributed by atoms with Crippen molar-refractivity contribution in [2.75, 3.05) is 13.1 Å². The zero-order chi connectivity index (χ0) is 14.9. The molecule has 0 saturated heterocycles. The highest BCUT2D eigenvalue weighted by molar-refractivity contribution is 7.12. The lowest BCUT2D eigenvalue weighted by Gasteiger charge is -2.04. The van der Waals surface area contributed by atoms with E-state index in [0.717, 1.165) is 18.4 Å². The van der Waals surface area contributed by atoms with Crippen molar-refractivity contribution in [2.24, 2.45) is 5.73 Å². The van der Waals surface area contributed by atoms with E-state index in [1.807, 2.05) is 29.6 Å². The van der Waals surface area contributed by atoms with Gasteiger partial charge in [0.05, 0.1) is 6.54 Å². The van der Waals surface area contributed by atoms with Gasteiger partial charge in [0, 0.05) is 12.1 Å². The lowest BCUT2D eigenvalue weighted by Crippen LogP contribution is -2.24. The van der Waals surface area contributed by atoms with E-state index in [4.69, 9.17) is 5.73 Å². The molecule has 3 N–H and O–H groups in total. The summed E-state index contributed by atoms with van der Waals surface area (Å²) in [5.41, 5.74) is 7.40. The first-order valence-corrected chi connectivity index (χ1v) is 7.78. The van der Waals surface area contributed by atoms with E-state index in [1.165, 1.54) is 16.9 Å². The maximum atomic E-state index is 12.1. The molecule has 1 aromatic carbocycles. The second-order valence-corrected chi connectivity index (χ2v) is 5.43. The Kier molecular flexibility index (Phi) is 6.01. The Bertz CT molecular complexity index is 638. The van der Waals surface area contributed by atoms with Gasteiger partial charge in [0.2, 0.25) is 0 Å². The molecule has 0 aliphatic carbocycles. The molecule has 1 amide bonds. The van der Waals surface area contributed by atoms with Gasteiger partial charge in [-0.3, -0.25) is 4.79 Å². The van der Waals surface area contributed by atoms with Crippen molar-refractivity contribution in [3.63, 3.8) is 0 Å². The minimum atomic E-state index is -0.0561. The number of benzene rings is 1.